The van der Waals surface area contributed by atoms with Gasteiger partial charge in [0.1, 0.15) is 18.1 Å². The minimum Gasteiger partial charge on any atom is -0.370 e. The first-order valence-electron chi connectivity index (χ1n) is 7.28. The maximum atomic E-state index is 10.9. The lowest BCUT2D eigenvalue weighted by molar-refractivity contribution is -0.385. The van der Waals surface area contributed by atoms with E-state index in [0.717, 1.165) is 15.9 Å². The number of halogens is 1. The zero-order valence-corrected chi connectivity index (χ0v) is 14.2. The third-order valence-corrected chi connectivity index (χ3v) is 4.63. The fourth-order valence-corrected chi connectivity index (χ4v) is 3.22. The summed E-state index contributed by atoms with van der Waals surface area (Å²) in [6.45, 7) is 3.69. The van der Waals surface area contributed by atoms with Gasteiger partial charge in [-0.05, 0) is 24.6 Å². The van der Waals surface area contributed by atoms with Crippen molar-refractivity contribution < 1.29 is 9.66 Å². The van der Waals surface area contributed by atoms with Crippen LogP contribution in [-0.2, 0) is 4.74 Å². The fourth-order valence-electron chi connectivity index (χ4n) is 2.68. The summed E-state index contributed by atoms with van der Waals surface area (Å²) in [5, 5.41) is 10.9. The molecule has 3 rings (SSSR count). The predicted octanol–water partition coefficient (Wildman–Crippen LogP) is 3.64. The normalized spacial score (nSPS) is 18.0. The average molecular weight is 378 g/mol. The molecule has 1 atom stereocenters. The molecule has 0 bridgehead atoms. The van der Waals surface area contributed by atoms with Crippen molar-refractivity contribution in [2.24, 2.45) is 0 Å². The summed E-state index contributed by atoms with van der Waals surface area (Å²) < 4.78 is 6.89. The summed E-state index contributed by atoms with van der Waals surface area (Å²) in [7, 11) is 0. The molecular weight excluding hydrogens is 362 g/mol. The van der Waals surface area contributed by atoms with Crippen molar-refractivity contribution in [1.82, 2.24) is 4.98 Å². The Morgan fingerprint density at radius 2 is 2.22 bits per heavy atom. The van der Waals surface area contributed by atoms with Gasteiger partial charge < -0.3 is 9.64 Å². The summed E-state index contributed by atoms with van der Waals surface area (Å²) in [6, 6.07) is 9.74. The molecule has 1 aliphatic heterocycles. The van der Waals surface area contributed by atoms with Crippen LogP contribution < -0.4 is 4.90 Å². The van der Waals surface area contributed by atoms with E-state index in [4.69, 9.17) is 4.74 Å². The monoisotopic (exact) mass is 377 g/mol. The Balaban J connectivity index is 1.83. The van der Waals surface area contributed by atoms with Gasteiger partial charge in [-0.2, -0.15) is 0 Å². The molecule has 7 heteroatoms. The minimum absolute atomic E-state index is 0.0457. The van der Waals surface area contributed by atoms with Crippen molar-refractivity contribution in [2.45, 2.75) is 13.0 Å². The number of pyridine rings is 1. The highest BCUT2D eigenvalue weighted by atomic mass is 79.9. The van der Waals surface area contributed by atoms with Crippen molar-refractivity contribution in [3.63, 3.8) is 0 Å². The smallest absolute Gasteiger partial charge is 0.290 e. The molecule has 1 unspecified atom stereocenters. The van der Waals surface area contributed by atoms with E-state index in [1.165, 1.54) is 6.20 Å². The quantitative estimate of drug-likeness (QED) is 0.603. The van der Waals surface area contributed by atoms with Crippen LogP contribution in [-0.4, -0.2) is 29.6 Å². The SMILES string of the molecule is Cc1cc(N2CCOC(c3ccccc3Br)C2)ncc1[N+](=O)[O-]. The van der Waals surface area contributed by atoms with Crippen LogP contribution in [0.1, 0.15) is 17.2 Å². The van der Waals surface area contributed by atoms with E-state index in [2.05, 4.69) is 25.8 Å². The standard InChI is InChI=1S/C16H16BrN3O3/c1-11-8-16(18-9-14(11)20(21)22)19-6-7-23-15(10-19)12-4-2-3-5-13(12)17/h2-5,8-9,15H,6-7,10H2,1H3. The molecule has 0 N–H and O–H groups in total. The van der Waals surface area contributed by atoms with Crippen LogP contribution in [0.2, 0.25) is 0 Å². The summed E-state index contributed by atoms with van der Waals surface area (Å²) in [4.78, 5) is 16.9. The molecule has 2 heterocycles. The van der Waals surface area contributed by atoms with E-state index in [1.54, 1.807) is 13.0 Å². The van der Waals surface area contributed by atoms with E-state index in [0.29, 0.717) is 25.3 Å². The first kappa shape index (κ1) is 15.9. The molecule has 1 aromatic heterocycles. The van der Waals surface area contributed by atoms with Gasteiger partial charge in [-0.1, -0.05) is 34.1 Å². The molecule has 120 valence electrons. The van der Waals surface area contributed by atoms with Gasteiger partial charge in [-0.25, -0.2) is 4.98 Å². The van der Waals surface area contributed by atoms with Gasteiger partial charge in [-0.15, -0.1) is 0 Å². The van der Waals surface area contributed by atoms with Crippen LogP contribution in [0.25, 0.3) is 0 Å². The Labute approximate surface area is 142 Å². The van der Waals surface area contributed by atoms with Crippen molar-refractivity contribution in [2.75, 3.05) is 24.6 Å². The highest BCUT2D eigenvalue weighted by Crippen LogP contribution is 2.31. The Hall–Kier alpha value is -1.99. The maximum absolute atomic E-state index is 10.9. The summed E-state index contributed by atoms with van der Waals surface area (Å²) >= 11 is 3.56. The molecule has 0 aliphatic carbocycles. The lowest BCUT2D eigenvalue weighted by atomic mass is 10.1. The Bertz CT molecular complexity index is 738. The number of rotatable bonds is 3. The molecule has 2 aromatic rings. The van der Waals surface area contributed by atoms with Crippen LogP contribution >= 0.6 is 15.9 Å². The second-order valence-corrected chi connectivity index (χ2v) is 6.27. The number of ether oxygens (including phenoxy) is 1. The van der Waals surface area contributed by atoms with Crippen LogP contribution in [0, 0.1) is 17.0 Å². The predicted molar refractivity (Wildman–Crippen MR) is 90.7 cm³/mol. The number of hydrogen-bond acceptors (Lipinski definition) is 5. The topological polar surface area (TPSA) is 68.5 Å². The minimum atomic E-state index is -0.407. The van der Waals surface area contributed by atoms with Gasteiger partial charge in [0.25, 0.3) is 5.69 Å². The number of aromatic nitrogens is 1. The van der Waals surface area contributed by atoms with Crippen molar-refractivity contribution in [3.05, 3.63) is 62.2 Å². The molecule has 23 heavy (non-hydrogen) atoms. The van der Waals surface area contributed by atoms with Gasteiger partial charge in [0.2, 0.25) is 0 Å². The zero-order chi connectivity index (χ0) is 16.4. The highest BCUT2D eigenvalue weighted by molar-refractivity contribution is 9.10. The van der Waals surface area contributed by atoms with E-state index < -0.39 is 4.92 Å². The second-order valence-electron chi connectivity index (χ2n) is 5.41. The number of hydrogen-bond donors (Lipinski definition) is 0. The van der Waals surface area contributed by atoms with Crippen LogP contribution in [0.5, 0.6) is 0 Å². The van der Waals surface area contributed by atoms with E-state index in [1.807, 2.05) is 24.3 Å². The first-order chi connectivity index (χ1) is 11.1. The van der Waals surface area contributed by atoms with E-state index in [-0.39, 0.29) is 11.8 Å². The summed E-state index contributed by atoms with van der Waals surface area (Å²) in [6.07, 6.45) is 1.27. The highest BCUT2D eigenvalue weighted by Gasteiger charge is 2.25. The van der Waals surface area contributed by atoms with Gasteiger partial charge in [0, 0.05) is 23.1 Å². The van der Waals surface area contributed by atoms with Crippen LogP contribution in [0.15, 0.2) is 41.0 Å². The first-order valence-corrected chi connectivity index (χ1v) is 8.07. The van der Waals surface area contributed by atoms with Crippen molar-refractivity contribution >= 4 is 27.4 Å². The van der Waals surface area contributed by atoms with Gasteiger partial charge in [0.15, 0.2) is 0 Å². The molecule has 0 radical (unpaired) electrons. The van der Waals surface area contributed by atoms with Crippen LogP contribution in [0.4, 0.5) is 11.5 Å². The second kappa shape index (κ2) is 6.64. The number of anilines is 1. The van der Waals surface area contributed by atoms with Crippen molar-refractivity contribution in [1.29, 1.82) is 0 Å². The van der Waals surface area contributed by atoms with E-state index in [9.17, 15) is 10.1 Å². The molecular formula is C16H16BrN3O3. The average Bonchev–Trinajstić information content (AvgIpc) is 2.55. The van der Waals surface area contributed by atoms with Crippen LogP contribution in [0.3, 0.4) is 0 Å². The number of benzene rings is 1. The lowest BCUT2D eigenvalue weighted by Crippen LogP contribution is -2.39. The molecule has 1 aromatic carbocycles. The van der Waals surface area contributed by atoms with Gasteiger partial charge in [-0.3, -0.25) is 10.1 Å². The number of nitrogens with zero attached hydrogens (tertiary/aromatic N) is 3. The Morgan fingerprint density at radius 1 is 1.43 bits per heavy atom. The number of morpholine rings is 1. The summed E-state index contributed by atoms with van der Waals surface area (Å²) in [5.74, 6) is 0.744. The van der Waals surface area contributed by atoms with Gasteiger partial charge in [0.05, 0.1) is 11.5 Å². The molecule has 1 saturated heterocycles. The van der Waals surface area contributed by atoms with Gasteiger partial charge >= 0.3 is 0 Å². The van der Waals surface area contributed by atoms with E-state index >= 15 is 0 Å². The number of nitro groups is 1. The number of aryl methyl sites for hydroxylation is 1. The summed E-state index contributed by atoms with van der Waals surface area (Å²) in [5.41, 5.74) is 1.75. The molecule has 0 saturated carbocycles. The molecule has 1 aliphatic rings. The fraction of sp³-hybridized carbons (Fsp3) is 0.312. The third-order valence-electron chi connectivity index (χ3n) is 3.91. The lowest BCUT2D eigenvalue weighted by Gasteiger charge is -2.34. The molecule has 1 fully saturated rings. The zero-order valence-electron chi connectivity index (χ0n) is 12.6. The molecule has 0 spiro atoms. The molecule has 6 nitrogen and oxygen atoms in total. The largest absolute Gasteiger partial charge is 0.370 e. The van der Waals surface area contributed by atoms with Crippen molar-refractivity contribution in [3.8, 4) is 0 Å². The molecule has 0 amide bonds. The third kappa shape index (κ3) is 3.35. The Morgan fingerprint density at radius 3 is 2.91 bits per heavy atom. The maximum Gasteiger partial charge on any atom is 0.290 e. The Kier molecular flexibility index (Phi) is 4.58.